The summed E-state index contributed by atoms with van der Waals surface area (Å²) in [5.74, 6) is 2.72. The molecule has 0 aromatic heterocycles. The minimum Gasteiger partial charge on any atom is -0.356 e. The molecule has 0 radical (unpaired) electrons. The standard InChI is InChI=1S/C20H41NO/c1-16(2)10-7-8-12-18(5)13-14-19(6)20(22)21-15-9-11-17(3)4/h16-19H,7-15H2,1-6H3,(H,21,22). The van der Waals surface area contributed by atoms with Crippen molar-refractivity contribution >= 4 is 5.91 Å². The molecule has 132 valence electrons. The third-order valence-corrected chi connectivity index (χ3v) is 4.53. The van der Waals surface area contributed by atoms with Crippen LogP contribution in [0.25, 0.3) is 0 Å². The Balaban J connectivity index is 3.64. The van der Waals surface area contributed by atoms with Gasteiger partial charge in [0.05, 0.1) is 0 Å². The van der Waals surface area contributed by atoms with Gasteiger partial charge in [-0.25, -0.2) is 0 Å². The summed E-state index contributed by atoms with van der Waals surface area (Å²) in [7, 11) is 0. The van der Waals surface area contributed by atoms with Crippen LogP contribution in [0.5, 0.6) is 0 Å². The summed E-state index contributed by atoms with van der Waals surface area (Å²) in [5.41, 5.74) is 0. The highest BCUT2D eigenvalue weighted by molar-refractivity contribution is 5.78. The number of nitrogens with one attached hydrogen (secondary N) is 1. The molecule has 0 bridgehead atoms. The van der Waals surface area contributed by atoms with Crippen LogP contribution in [0, 0.1) is 23.7 Å². The number of unbranched alkanes of at least 4 members (excludes halogenated alkanes) is 1. The Labute approximate surface area is 139 Å². The summed E-state index contributed by atoms with van der Waals surface area (Å²) in [6.45, 7) is 14.3. The normalized spacial score (nSPS) is 14.4. The van der Waals surface area contributed by atoms with E-state index in [4.69, 9.17) is 0 Å². The van der Waals surface area contributed by atoms with Crippen molar-refractivity contribution in [2.45, 2.75) is 92.9 Å². The smallest absolute Gasteiger partial charge is 0.222 e. The maximum atomic E-state index is 12.0. The Morgan fingerprint density at radius 3 is 1.86 bits per heavy atom. The van der Waals surface area contributed by atoms with E-state index in [2.05, 4.69) is 46.9 Å². The fourth-order valence-electron chi connectivity index (χ4n) is 2.75. The number of carbonyl (C=O) groups excluding carboxylic acids is 1. The molecule has 0 aromatic carbocycles. The van der Waals surface area contributed by atoms with E-state index in [0.717, 1.165) is 37.1 Å². The third kappa shape index (κ3) is 13.2. The highest BCUT2D eigenvalue weighted by Crippen LogP contribution is 2.19. The van der Waals surface area contributed by atoms with Gasteiger partial charge >= 0.3 is 0 Å². The lowest BCUT2D eigenvalue weighted by molar-refractivity contribution is -0.124. The molecule has 2 atom stereocenters. The molecule has 1 amide bonds. The molecule has 22 heavy (non-hydrogen) atoms. The molecule has 0 saturated heterocycles. The van der Waals surface area contributed by atoms with E-state index < -0.39 is 0 Å². The summed E-state index contributed by atoms with van der Waals surface area (Å²) in [4.78, 5) is 12.0. The number of carbonyl (C=O) groups is 1. The SMILES string of the molecule is CC(C)CCCCC(C)CCC(C)C(=O)NCCCC(C)C. The Kier molecular flexibility index (Phi) is 12.6. The molecule has 0 spiro atoms. The maximum absolute atomic E-state index is 12.0. The summed E-state index contributed by atoms with van der Waals surface area (Å²) in [6, 6.07) is 0. The zero-order valence-corrected chi connectivity index (χ0v) is 16.1. The van der Waals surface area contributed by atoms with Gasteiger partial charge in [-0.1, -0.05) is 67.2 Å². The van der Waals surface area contributed by atoms with E-state index in [1.807, 2.05) is 0 Å². The Morgan fingerprint density at radius 1 is 0.727 bits per heavy atom. The van der Waals surface area contributed by atoms with Crippen LogP contribution < -0.4 is 5.32 Å². The van der Waals surface area contributed by atoms with Crippen LogP contribution in [0.4, 0.5) is 0 Å². The lowest BCUT2D eigenvalue weighted by Gasteiger charge is -2.16. The third-order valence-electron chi connectivity index (χ3n) is 4.53. The second kappa shape index (κ2) is 13.0. The second-order valence-electron chi connectivity index (χ2n) is 8.09. The quantitative estimate of drug-likeness (QED) is 0.427. The molecule has 0 aliphatic heterocycles. The summed E-state index contributed by atoms with van der Waals surface area (Å²) >= 11 is 0. The summed E-state index contributed by atoms with van der Waals surface area (Å²) in [5, 5.41) is 3.09. The monoisotopic (exact) mass is 311 g/mol. The molecular weight excluding hydrogens is 270 g/mol. The highest BCUT2D eigenvalue weighted by atomic mass is 16.1. The lowest BCUT2D eigenvalue weighted by Crippen LogP contribution is -2.30. The lowest BCUT2D eigenvalue weighted by atomic mass is 9.93. The van der Waals surface area contributed by atoms with Gasteiger partial charge in [0.1, 0.15) is 0 Å². The molecular formula is C20H41NO. The van der Waals surface area contributed by atoms with E-state index in [1.165, 1.54) is 38.5 Å². The minimum atomic E-state index is 0.164. The zero-order chi connectivity index (χ0) is 17.0. The molecule has 0 aliphatic carbocycles. The van der Waals surface area contributed by atoms with Gasteiger partial charge in [-0.3, -0.25) is 4.79 Å². The van der Waals surface area contributed by atoms with Crippen molar-refractivity contribution in [1.29, 1.82) is 0 Å². The molecule has 2 unspecified atom stereocenters. The maximum Gasteiger partial charge on any atom is 0.222 e. The first-order valence-corrected chi connectivity index (χ1v) is 9.60. The summed E-state index contributed by atoms with van der Waals surface area (Å²) in [6.07, 6.45) is 9.87. The largest absolute Gasteiger partial charge is 0.356 e. The Morgan fingerprint density at radius 2 is 1.27 bits per heavy atom. The predicted octanol–water partition coefficient (Wildman–Crippen LogP) is 5.81. The van der Waals surface area contributed by atoms with E-state index in [-0.39, 0.29) is 11.8 Å². The van der Waals surface area contributed by atoms with Crippen molar-refractivity contribution in [3.63, 3.8) is 0 Å². The minimum absolute atomic E-state index is 0.164. The highest BCUT2D eigenvalue weighted by Gasteiger charge is 2.13. The van der Waals surface area contributed by atoms with Crippen LogP contribution in [-0.2, 0) is 4.79 Å². The molecule has 0 fully saturated rings. The first kappa shape index (κ1) is 21.5. The van der Waals surface area contributed by atoms with Crippen molar-refractivity contribution in [3.05, 3.63) is 0 Å². The molecule has 0 aromatic rings. The molecule has 2 nitrogen and oxygen atoms in total. The van der Waals surface area contributed by atoms with Crippen LogP contribution in [0.3, 0.4) is 0 Å². The second-order valence-corrected chi connectivity index (χ2v) is 8.09. The van der Waals surface area contributed by atoms with Crippen LogP contribution in [-0.4, -0.2) is 12.5 Å². The molecule has 0 saturated carbocycles. The first-order chi connectivity index (χ1) is 10.3. The number of amides is 1. The van der Waals surface area contributed by atoms with Crippen molar-refractivity contribution in [2.75, 3.05) is 6.54 Å². The zero-order valence-electron chi connectivity index (χ0n) is 16.1. The Hall–Kier alpha value is -0.530. The molecule has 0 rings (SSSR count). The van der Waals surface area contributed by atoms with E-state index in [1.54, 1.807) is 0 Å². The van der Waals surface area contributed by atoms with Gasteiger partial charge in [-0.05, 0) is 43.4 Å². The molecule has 1 N–H and O–H groups in total. The fourth-order valence-corrected chi connectivity index (χ4v) is 2.75. The van der Waals surface area contributed by atoms with Crippen molar-refractivity contribution in [1.82, 2.24) is 5.32 Å². The van der Waals surface area contributed by atoms with E-state index in [9.17, 15) is 4.79 Å². The van der Waals surface area contributed by atoms with Crippen molar-refractivity contribution < 1.29 is 4.79 Å². The van der Waals surface area contributed by atoms with Gasteiger partial charge in [-0.2, -0.15) is 0 Å². The number of rotatable bonds is 13. The number of hydrogen-bond acceptors (Lipinski definition) is 1. The molecule has 2 heteroatoms. The predicted molar refractivity (Wildman–Crippen MR) is 97.9 cm³/mol. The average molecular weight is 312 g/mol. The van der Waals surface area contributed by atoms with Gasteiger partial charge in [0.15, 0.2) is 0 Å². The Bertz CT molecular complexity index is 273. The molecule has 0 heterocycles. The van der Waals surface area contributed by atoms with Crippen LogP contribution >= 0.6 is 0 Å². The van der Waals surface area contributed by atoms with Crippen molar-refractivity contribution in [2.24, 2.45) is 23.7 Å². The van der Waals surface area contributed by atoms with Crippen molar-refractivity contribution in [3.8, 4) is 0 Å². The van der Waals surface area contributed by atoms with Gasteiger partial charge in [0.2, 0.25) is 5.91 Å². The topological polar surface area (TPSA) is 29.1 Å². The van der Waals surface area contributed by atoms with Crippen LogP contribution in [0.15, 0.2) is 0 Å². The van der Waals surface area contributed by atoms with Gasteiger partial charge in [-0.15, -0.1) is 0 Å². The van der Waals surface area contributed by atoms with Crippen LogP contribution in [0.2, 0.25) is 0 Å². The summed E-state index contributed by atoms with van der Waals surface area (Å²) < 4.78 is 0. The van der Waals surface area contributed by atoms with Gasteiger partial charge in [0, 0.05) is 12.5 Å². The van der Waals surface area contributed by atoms with E-state index in [0.29, 0.717) is 0 Å². The van der Waals surface area contributed by atoms with Crippen LogP contribution in [0.1, 0.15) is 92.9 Å². The van der Waals surface area contributed by atoms with Gasteiger partial charge in [0.25, 0.3) is 0 Å². The van der Waals surface area contributed by atoms with E-state index >= 15 is 0 Å². The first-order valence-electron chi connectivity index (χ1n) is 9.60. The number of hydrogen-bond donors (Lipinski definition) is 1. The molecule has 0 aliphatic rings. The average Bonchev–Trinajstić information content (AvgIpc) is 2.44. The fraction of sp³-hybridized carbons (Fsp3) is 0.950. The van der Waals surface area contributed by atoms with Gasteiger partial charge < -0.3 is 5.32 Å².